The monoisotopic (exact) mass is 432 g/mol. The number of benzene rings is 1. The highest BCUT2D eigenvalue weighted by Gasteiger charge is 2.37. The molecule has 2 fully saturated rings. The van der Waals surface area contributed by atoms with E-state index >= 15 is 0 Å². The van der Waals surface area contributed by atoms with Gasteiger partial charge in [0.15, 0.2) is 11.5 Å². The van der Waals surface area contributed by atoms with Crippen molar-refractivity contribution in [2.24, 2.45) is 0 Å². The Balaban J connectivity index is 1.77. The number of rotatable bonds is 6. The van der Waals surface area contributed by atoms with Crippen molar-refractivity contribution in [3.63, 3.8) is 0 Å². The molecule has 162 valence electrons. The average molecular weight is 433 g/mol. The molecule has 0 aliphatic carbocycles. The van der Waals surface area contributed by atoms with Gasteiger partial charge in [0.25, 0.3) is 11.1 Å². The number of hydrogen-bond donors (Lipinski definition) is 0. The van der Waals surface area contributed by atoms with E-state index in [0.717, 1.165) is 53.5 Å². The van der Waals surface area contributed by atoms with Crippen molar-refractivity contribution in [3.8, 4) is 11.5 Å². The van der Waals surface area contributed by atoms with E-state index in [4.69, 9.17) is 9.47 Å². The predicted molar refractivity (Wildman–Crippen MR) is 117 cm³/mol. The number of ether oxygens (including phenoxy) is 2. The molecule has 7 nitrogen and oxygen atoms in total. The van der Waals surface area contributed by atoms with Crippen molar-refractivity contribution in [2.45, 2.75) is 39.5 Å². The molecule has 0 aromatic heterocycles. The molecule has 0 unspecified atom stereocenters. The molecule has 3 amide bonds. The average Bonchev–Trinajstić information content (AvgIpc) is 2.92. The molecule has 0 spiro atoms. The number of imide groups is 1. The van der Waals surface area contributed by atoms with Crippen LogP contribution in [0.3, 0.4) is 0 Å². The van der Waals surface area contributed by atoms with Crippen LogP contribution in [0.4, 0.5) is 4.79 Å². The summed E-state index contributed by atoms with van der Waals surface area (Å²) < 4.78 is 11.0. The lowest BCUT2D eigenvalue weighted by Gasteiger charge is -2.22. The van der Waals surface area contributed by atoms with Crippen LogP contribution in [0.5, 0.6) is 11.5 Å². The summed E-state index contributed by atoms with van der Waals surface area (Å²) >= 11 is 0.863. The summed E-state index contributed by atoms with van der Waals surface area (Å²) in [4.78, 5) is 41.0. The van der Waals surface area contributed by atoms with Crippen molar-refractivity contribution in [2.75, 3.05) is 33.4 Å². The van der Waals surface area contributed by atoms with Crippen LogP contribution in [0.25, 0.3) is 6.08 Å². The minimum absolute atomic E-state index is 0.167. The van der Waals surface area contributed by atoms with Gasteiger partial charge in [-0.3, -0.25) is 19.3 Å². The summed E-state index contributed by atoms with van der Waals surface area (Å²) in [6.45, 7) is 5.44. The fraction of sp³-hybridized carbons (Fsp3) is 0.500. The van der Waals surface area contributed by atoms with Gasteiger partial charge in [-0.2, -0.15) is 0 Å². The zero-order valence-corrected chi connectivity index (χ0v) is 18.5. The van der Waals surface area contributed by atoms with Gasteiger partial charge in [-0.15, -0.1) is 0 Å². The summed E-state index contributed by atoms with van der Waals surface area (Å²) in [7, 11) is 1.57. The fourth-order valence-corrected chi connectivity index (χ4v) is 4.42. The van der Waals surface area contributed by atoms with Crippen molar-refractivity contribution in [1.29, 1.82) is 0 Å². The van der Waals surface area contributed by atoms with E-state index < -0.39 is 11.1 Å². The standard InChI is InChI=1S/C22H28N2O5S/c1-4-29-18-12-16(15(2)11-17(18)28-3)13-19-21(26)24(22(27)30-19)14-20(25)23-9-7-5-6-8-10-23/h11-13H,4-10,14H2,1-3H3/b19-13-. The Labute approximate surface area is 181 Å². The van der Waals surface area contributed by atoms with E-state index in [0.29, 0.717) is 36.1 Å². The molecule has 1 aromatic carbocycles. The van der Waals surface area contributed by atoms with Crippen LogP contribution in [-0.2, 0) is 9.59 Å². The third-order valence-corrected chi connectivity index (χ3v) is 6.17. The first-order valence-corrected chi connectivity index (χ1v) is 11.1. The summed E-state index contributed by atoms with van der Waals surface area (Å²) in [6.07, 6.45) is 5.83. The summed E-state index contributed by atoms with van der Waals surface area (Å²) in [5.41, 5.74) is 1.66. The molecule has 0 atom stereocenters. The Morgan fingerprint density at radius 1 is 1.13 bits per heavy atom. The van der Waals surface area contributed by atoms with E-state index in [1.54, 1.807) is 24.2 Å². The Hall–Kier alpha value is -2.48. The third-order valence-electron chi connectivity index (χ3n) is 5.26. The zero-order chi connectivity index (χ0) is 21.7. The number of thioether (sulfide) groups is 1. The first kappa shape index (κ1) is 22.2. The van der Waals surface area contributed by atoms with Crippen LogP contribution in [0.1, 0.15) is 43.7 Å². The van der Waals surface area contributed by atoms with E-state index in [1.807, 2.05) is 19.9 Å². The number of nitrogens with zero attached hydrogens (tertiary/aromatic N) is 2. The normalized spacial score (nSPS) is 18.7. The first-order valence-electron chi connectivity index (χ1n) is 10.3. The van der Waals surface area contributed by atoms with Crippen LogP contribution >= 0.6 is 11.8 Å². The molecular formula is C22H28N2O5S. The molecule has 1 aromatic rings. The van der Waals surface area contributed by atoms with Gasteiger partial charge in [0, 0.05) is 13.1 Å². The Morgan fingerprint density at radius 3 is 2.47 bits per heavy atom. The third kappa shape index (κ3) is 4.98. The smallest absolute Gasteiger partial charge is 0.294 e. The molecule has 8 heteroatoms. The van der Waals surface area contributed by atoms with Crippen molar-refractivity contribution in [3.05, 3.63) is 28.2 Å². The number of methoxy groups -OCH3 is 1. The van der Waals surface area contributed by atoms with Gasteiger partial charge in [0.1, 0.15) is 6.54 Å². The number of hydrogen-bond acceptors (Lipinski definition) is 6. The van der Waals surface area contributed by atoms with Gasteiger partial charge < -0.3 is 14.4 Å². The highest BCUT2D eigenvalue weighted by molar-refractivity contribution is 8.18. The zero-order valence-electron chi connectivity index (χ0n) is 17.7. The van der Waals surface area contributed by atoms with Gasteiger partial charge in [0.05, 0.1) is 18.6 Å². The summed E-state index contributed by atoms with van der Waals surface area (Å²) in [5.74, 6) is 0.594. The lowest BCUT2D eigenvalue weighted by atomic mass is 10.1. The quantitative estimate of drug-likeness (QED) is 0.636. The van der Waals surface area contributed by atoms with Gasteiger partial charge in [0.2, 0.25) is 5.91 Å². The van der Waals surface area contributed by atoms with Gasteiger partial charge >= 0.3 is 0 Å². The van der Waals surface area contributed by atoms with E-state index in [9.17, 15) is 14.4 Å². The second kappa shape index (κ2) is 10.0. The molecule has 2 aliphatic rings. The van der Waals surface area contributed by atoms with Crippen LogP contribution in [-0.4, -0.2) is 60.2 Å². The Bertz CT molecular complexity index is 859. The van der Waals surface area contributed by atoms with Crippen LogP contribution < -0.4 is 9.47 Å². The molecule has 2 heterocycles. The highest BCUT2D eigenvalue weighted by atomic mass is 32.2. The van der Waals surface area contributed by atoms with Gasteiger partial charge in [-0.1, -0.05) is 12.8 Å². The largest absolute Gasteiger partial charge is 0.493 e. The maximum atomic E-state index is 12.8. The van der Waals surface area contributed by atoms with E-state index in [1.165, 1.54) is 0 Å². The molecule has 3 rings (SSSR count). The highest BCUT2D eigenvalue weighted by Crippen LogP contribution is 2.36. The second-order valence-electron chi connectivity index (χ2n) is 7.36. The number of carbonyl (C=O) groups is 3. The molecule has 0 saturated carbocycles. The first-order chi connectivity index (χ1) is 14.4. The SMILES string of the molecule is CCOc1cc(/C=C2\SC(=O)N(CC(=O)N3CCCCCC3)C2=O)c(C)cc1OC. The predicted octanol–water partition coefficient (Wildman–Crippen LogP) is 3.84. The number of aryl methyl sites for hydroxylation is 1. The molecular weight excluding hydrogens is 404 g/mol. The maximum Gasteiger partial charge on any atom is 0.294 e. The van der Waals surface area contributed by atoms with E-state index in [-0.39, 0.29) is 12.5 Å². The summed E-state index contributed by atoms with van der Waals surface area (Å²) in [6, 6.07) is 3.64. The molecule has 30 heavy (non-hydrogen) atoms. The lowest BCUT2D eigenvalue weighted by molar-refractivity contribution is -0.135. The maximum absolute atomic E-state index is 12.8. The topological polar surface area (TPSA) is 76.2 Å². The minimum Gasteiger partial charge on any atom is -0.493 e. The second-order valence-corrected chi connectivity index (χ2v) is 8.35. The molecule has 2 aliphatic heterocycles. The molecule has 2 saturated heterocycles. The number of likely N-dealkylation sites (tertiary alicyclic amines) is 1. The van der Waals surface area contributed by atoms with Crippen LogP contribution in [0, 0.1) is 6.92 Å². The molecule has 0 radical (unpaired) electrons. The van der Waals surface area contributed by atoms with Gasteiger partial charge in [-0.05, 0) is 67.8 Å². The number of carbonyl (C=O) groups excluding carboxylic acids is 3. The minimum atomic E-state index is -0.429. The van der Waals surface area contributed by atoms with Crippen LogP contribution in [0.15, 0.2) is 17.0 Å². The lowest BCUT2D eigenvalue weighted by Crippen LogP contribution is -2.42. The number of amides is 3. The Morgan fingerprint density at radius 2 is 1.83 bits per heavy atom. The van der Waals surface area contributed by atoms with Crippen molar-refractivity contribution >= 4 is 34.9 Å². The molecule has 0 bridgehead atoms. The Kier molecular flexibility index (Phi) is 7.42. The van der Waals surface area contributed by atoms with Crippen molar-refractivity contribution in [1.82, 2.24) is 9.80 Å². The van der Waals surface area contributed by atoms with Crippen LogP contribution in [0.2, 0.25) is 0 Å². The summed E-state index contributed by atoms with van der Waals surface area (Å²) in [5, 5.41) is -0.411. The van der Waals surface area contributed by atoms with Crippen molar-refractivity contribution < 1.29 is 23.9 Å². The van der Waals surface area contributed by atoms with Gasteiger partial charge in [-0.25, -0.2) is 0 Å². The van der Waals surface area contributed by atoms with E-state index in [2.05, 4.69) is 0 Å². The fourth-order valence-electron chi connectivity index (χ4n) is 3.59. The molecule has 0 N–H and O–H groups in total.